The Morgan fingerprint density at radius 2 is 2.00 bits per heavy atom. The normalized spacial score (nSPS) is 11.0. The summed E-state index contributed by atoms with van der Waals surface area (Å²) >= 11 is 1.33. The highest BCUT2D eigenvalue weighted by Crippen LogP contribution is 2.28. The van der Waals surface area contributed by atoms with Gasteiger partial charge in [-0.05, 0) is 42.7 Å². The highest BCUT2D eigenvalue weighted by molar-refractivity contribution is 7.16. The van der Waals surface area contributed by atoms with Crippen molar-refractivity contribution in [3.8, 4) is 5.13 Å². The van der Waals surface area contributed by atoms with E-state index in [1.54, 1.807) is 19.1 Å². The number of anilines is 1. The van der Waals surface area contributed by atoms with Crippen molar-refractivity contribution in [3.63, 3.8) is 0 Å². The second-order valence-corrected chi connectivity index (χ2v) is 6.85. The molecule has 0 fully saturated rings. The Kier molecular flexibility index (Phi) is 4.49. The first-order valence-electron chi connectivity index (χ1n) is 7.67. The van der Waals surface area contributed by atoms with Gasteiger partial charge in [-0.2, -0.15) is 0 Å². The van der Waals surface area contributed by atoms with Gasteiger partial charge in [-0.15, -0.1) is 0 Å². The van der Waals surface area contributed by atoms with E-state index in [1.807, 2.05) is 42.9 Å². The van der Waals surface area contributed by atoms with E-state index in [-0.39, 0.29) is 17.6 Å². The van der Waals surface area contributed by atoms with Gasteiger partial charge in [-0.25, -0.2) is 9.37 Å². The second-order valence-electron chi connectivity index (χ2n) is 5.87. The summed E-state index contributed by atoms with van der Waals surface area (Å²) in [6.45, 7) is 5.68. The number of nitrogens with zero attached hydrogens (tertiary/aromatic N) is 2. The first-order valence-corrected chi connectivity index (χ1v) is 8.49. The van der Waals surface area contributed by atoms with Crippen LogP contribution in [0.1, 0.15) is 40.7 Å². The van der Waals surface area contributed by atoms with Gasteiger partial charge in [0.25, 0.3) is 5.91 Å². The minimum atomic E-state index is -0.339. The highest BCUT2D eigenvalue weighted by atomic mass is 32.1. The number of hydrogen-bond donors (Lipinski definition) is 1. The highest BCUT2D eigenvalue weighted by Gasteiger charge is 2.21. The van der Waals surface area contributed by atoms with E-state index in [4.69, 9.17) is 0 Å². The lowest BCUT2D eigenvalue weighted by atomic mass is 10.1. The summed E-state index contributed by atoms with van der Waals surface area (Å²) in [5, 5.41) is 3.50. The van der Waals surface area contributed by atoms with Crippen LogP contribution in [-0.4, -0.2) is 15.5 Å². The third-order valence-corrected chi connectivity index (χ3v) is 4.73. The molecule has 0 radical (unpaired) electrons. The third-order valence-electron chi connectivity index (χ3n) is 3.65. The van der Waals surface area contributed by atoms with Gasteiger partial charge in [0, 0.05) is 18.1 Å². The van der Waals surface area contributed by atoms with E-state index in [1.165, 1.54) is 17.4 Å². The summed E-state index contributed by atoms with van der Waals surface area (Å²) in [5.74, 6) is -0.492. The fourth-order valence-corrected chi connectivity index (χ4v) is 3.39. The van der Waals surface area contributed by atoms with Crippen LogP contribution in [0.25, 0.3) is 5.13 Å². The molecule has 0 saturated heterocycles. The van der Waals surface area contributed by atoms with Crippen molar-refractivity contribution in [2.45, 2.75) is 26.7 Å². The molecule has 0 aliphatic heterocycles. The summed E-state index contributed by atoms with van der Waals surface area (Å²) in [5.41, 5.74) is 1.73. The lowest BCUT2D eigenvalue weighted by Gasteiger charge is -2.07. The number of aromatic nitrogens is 2. The smallest absolute Gasteiger partial charge is 0.267 e. The molecule has 0 unspecified atom stereocenters. The van der Waals surface area contributed by atoms with Gasteiger partial charge in [-0.3, -0.25) is 4.79 Å². The van der Waals surface area contributed by atoms with Crippen LogP contribution < -0.4 is 5.32 Å². The van der Waals surface area contributed by atoms with Crippen molar-refractivity contribution in [3.05, 3.63) is 64.7 Å². The van der Waals surface area contributed by atoms with Crippen LogP contribution in [0.2, 0.25) is 0 Å². The fraction of sp³-hybridized carbons (Fsp3) is 0.222. The molecule has 3 aromatic rings. The Labute approximate surface area is 144 Å². The molecule has 1 N–H and O–H groups in total. The van der Waals surface area contributed by atoms with E-state index in [0.29, 0.717) is 16.1 Å². The Morgan fingerprint density at radius 1 is 1.29 bits per heavy atom. The lowest BCUT2D eigenvalue weighted by molar-refractivity contribution is 0.102. The molecule has 2 heterocycles. The molecule has 0 aliphatic carbocycles. The van der Waals surface area contributed by atoms with Crippen LogP contribution in [-0.2, 0) is 0 Å². The van der Waals surface area contributed by atoms with Crippen molar-refractivity contribution in [1.29, 1.82) is 0 Å². The molecule has 6 heteroatoms. The standard InChI is InChI=1S/C18H18FN3OS/c1-11(2)15-16(24-18(21-15)22-8-4-5-9-22)17(23)20-13-7-6-12(3)14(19)10-13/h4-11H,1-3H3,(H,20,23). The number of carbonyl (C=O) groups is 1. The summed E-state index contributed by atoms with van der Waals surface area (Å²) in [4.78, 5) is 17.8. The molecule has 0 atom stereocenters. The van der Waals surface area contributed by atoms with Crippen LogP contribution >= 0.6 is 11.3 Å². The van der Waals surface area contributed by atoms with Crippen LogP contribution in [0.4, 0.5) is 10.1 Å². The molecule has 24 heavy (non-hydrogen) atoms. The van der Waals surface area contributed by atoms with Gasteiger partial charge in [0.2, 0.25) is 0 Å². The Balaban J connectivity index is 1.92. The predicted molar refractivity (Wildman–Crippen MR) is 94.6 cm³/mol. The molecule has 3 rings (SSSR count). The van der Waals surface area contributed by atoms with Crippen molar-refractivity contribution in [1.82, 2.24) is 9.55 Å². The molecule has 0 aliphatic rings. The fourth-order valence-electron chi connectivity index (χ4n) is 2.31. The zero-order valence-corrected chi connectivity index (χ0v) is 14.5. The summed E-state index contributed by atoms with van der Waals surface area (Å²) < 4.78 is 15.5. The maximum atomic E-state index is 13.7. The number of thiazole rings is 1. The molecule has 124 valence electrons. The number of rotatable bonds is 4. The molecule has 2 aromatic heterocycles. The second kappa shape index (κ2) is 6.57. The SMILES string of the molecule is Cc1ccc(NC(=O)c2sc(-n3cccc3)nc2C(C)C)cc1F. The number of amides is 1. The van der Waals surface area contributed by atoms with Gasteiger partial charge < -0.3 is 9.88 Å². The number of benzene rings is 1. The summed E-state index contributed by atoms with van der Waals surface area (Å²) in [6, 6.07) is 8.48. The minimum Gasteiger partial charge on any atom is -0.321 e. The average Bonchev–Trinajstić information content (AvgIpc) is 3.19. The Hall–Kier alpha value is -2.47. The van der Waals surface area contributed by atoms with Gasteiger partial charge in [0.05, 0.1) is 5.69 Å². The molecule has 0 saturated carbocycles. The number of nitrogens with one attached hydrogen (secondary N) is 1. The molecular formula is C18H18FN3OS. The maximum Gasteiger partial charge on any atom is 0.267 e. The van der Waals surface area contributed by atoms with Crippen LogP contribution in [0.3, 0.4) is 0 Å². The van der Waals surface area contributed by atoms with Gasteiger partial charge in [0.1, 0.15) is 10.7 Å². The van der Waals surface area contributed by atoms with E-state index < -0.39 is 0 Å². The first kappa shape index (κ1) is 16.4. The van der Waals surface area contributed by atoms with E-state index >= 15 is 0 Å². The van der Waals surface area contributed by atoms with Gasteiger partial charge >= 0.3 is 0 Å². The predicted octanol–water partition coefficient (Wildman–Crippen LogP) is 4.76. The van der Waals surface area contributed by atoms with E-state index in [0.717, 1.165) is 10.8 Å². The number of hydrogen-bond acceptors (Lipinski definition) is 3. The topological polar surface area (TPSA) is 46.9 Å². The molecule has 0 spiro atoms. The van der Waals surface area contributed by atoms with Crippen molar-refractivity contribution >= 4 is 22.9 Å². The number of carbonyl (C=O) groups excluding carboxylic acids is 1. The Morgan fingerprint density at radius 3 is 2.62 bits per heavy atom. The average molecular weight is 343 g/mol. The van der Waals surface area contributed by atoms with Crippen LogP contribution in [0.5, 0.6) is 0 Å². The van der Waals surface area contributed by atoms with Crippen molar-refractivity contribution in [2.75, 3.05) is 5.32 Å². The minimum absolute atomic E-state index is 0.112. The van der Waals surface area contributed by atoms with E-state index in [9.17, 15) is 9.18 Å². The third kappa shape index (κ3) is 3.23. The molecule has 1 aromatic carbocycles. The zero-order chi connectivity index (χ0) is 17.3. The molecule has 4 nitrogen and oxygen atoms in total. The van der Waals surface area contributed by atoms with E-state index in [2.05, 4.69) is 10.3 Å². The quantitative estimate of drug-likeness (QED) is 0.742. The van der Waals surface area contributed by atoms with Crippen LogP contribution in [0.15, 0.2) is 42.7 Å². The van der Waals surface area contributed by atoms with Crippen molar-refractivity contribution < 1.29 is 9.18 Å². The number of halogens is 1. The van der Waals surface area contributed by atoms with Gasteiger partial charge in [-0.1, -0.05) is 31.3 Å². The molecule has 0 bridgehead atoms. The van der Waals surface area contributed by atoms with Crippen LogP contribution in [0, 0.1) is 12.7 Å². The Bertz CT molecular complexity index is 869. The number of aryl methyl sites for hydroxylation is 1. The first-order chi connectivity index (χ1) is 11.5. The summed E-state index contributed by atoms with van der Waals surface area (Å²) in [6.07, 6.45) is 3.78. The summed E-state index contributed by atoms with van der Waals surface area (Å²) in [7, 11) is 0. The molecule has 1 amide bonds. The lowest BCUT2D eigenvalue weighted by Crippen LogP contribution is -2.13. The largest absolute Gasteiger partial charge is 0.321 e. The zero-order valence-electron chi connectivity index (χ0n) is 13.7. The maximum absolute atomic E-state index is 13.7. The van der Waals surface area contributed by atoms with Gasteiger partial charge in [0.15, 0.2) is 5.13 Å². The molecular weight excluding hydrogens is 325 g/mol. The van der Waals surface area contributed by atoms with Crippen molar-refractivity contribution in [2.24, 2.45) is 0 Å². The monoisotopic (exact) mass is 343 g/mol.